The molecule has 0 unspecified atom stereocenters. The molecule has 0 aromatic carbocycles. The van der Waals surface area contributed by atoms with Crippen LogP contribution < -0.4 is 10.6 Å². The Balaban J connectivity index is 2.58. The lowest BCUT2D eigenvalue weighted by Gasteiger charge is -1.97. The molecule has 0 bridgehead atoms. The van der Waals surface area contributed by atoms with E-state index in [9.17, 15) is 4.79 Å². The van der Waals surface area contributed by atoms with E-state index in [-0.39, 0.29) is 4.87 Å². The summed E-state index contributed by atoms with van der Waals surface area (Å²) in [6.45, 7) is 0.595. The van der Waals surface area contributed by atoms with Crippen LogP contribution in [0.5, 0.6) is 0 Å². The van der Waals surface area contributed by atoms with Gasteiger partial charge in [0.15, 0.2) is 0 Å². The summed E-state index contributed by atoms with van der Waals surface area (Å²) in [5.41, 5.74) is 5.28. The molecule has 0 atom stereocenters. The quantitative estimate of drug-likeness (QED) is 0.706. The SMILES string of the molecule is NC(=S)CCn1ccsc1=O. The lowest BCUT2D eigenvalue weighted by molar-refractivity contribution is 0.714. The Kier molecular flexibility index (Phi) is 2.78. The maximum absolute atomic E-state index is 10.9. The maximum Gasteiger partial charge on any atom is 0.307 e. The van der Waals surface area contributed by atoms with Crippen LogP contribution >= 0.6 is 23.6 Å². The Morgan fingerprint density at radius 3 is 3.00 bits per heavy atom. The van der Waals surface area contributed by atoms with Crippen LogP contribution in [0.25, 0.3) is 0 Å². The summed E-state index contributed by atoms with van der Waals surface area (Å²) in [7, 11) is 0. The number of rotatable bonds is 3. The van der Waals surface area contributed by atoms with Crippen LogP contribution in [0.4, 0.5) is 0 Å². The summed E-state index contributed by atoms with van der Waals surface area (Å²) >= 11 is 5.86. The second-order valence-electron chi connectivity index (χ2n) is 2.08. The first-order valence-electron chi connectivity index (χ1n) is 3.12. The molecule has 0 saturated carbocycles. The highest BCUT2D eigenvalue weighted by molar-refractivity contribution is 7.80. The van der Waals surface area contributed by atoms with Crippen molar-refractivity contribution in [2.45, 2.75) is 13.0 Å². The molecule has 5 heteroatoms. The molecule has 0 aliphatic heterocycles. The second-order valence-corrected chi connectivity index (χ2v) is 3.46. The minimum atomic E-state index is 0.0428. The molecule has 0 spiro atoms. The van der Waals surface area contributed by atoms with Crippen molar-refractivity contribution in [2.75, 3.05) is 0 Å². The predicted octanol–water partition coefficient (Wildman–Crippen LogP) is 0.586. The standard InChI is InChI=1S/C6H8N2OS2/c7-5(10)1-2-8-3-4-11-6(8)9/h3-4H,1-2H2,(H2,7,10). The first-order chi connectivity index (χ1) is 5.20. The summed E-state index contributed by atoms with van der Waals surface area (Å²) < 4.78 is 1.60. The van der Waals surface area contributed by atoms with Gasteiger partial charge in [0, 0.05) is 24.5 Å². The Morgan fingerprint density at radius 2 is 2.55 bits per heavy atom. The van der Waals surface area contributed by atoms with E-state index in [1.165, 1.54) is 11.3 Å². The number of hydrogen-bond acceptors (Lipinski definition) is 3. The summed E-state index contributed by atoms with van der Waals surface area (Å²) in [5.74, 6) is 0. The van der Waals surface area contributed by atoms with Gasteiger partial charge in [-0.05, 0) is 0 Å². The summed E-state index contributed by atoms with van der Waals surface area (Å²) in [5, 5.41) is 1.75. The maximum atomic E-state index is 10.9. The van der Waals surface area contributed by atoms with Gasteiger partial charge in [-0.3, -0.25) is 4.79 Å². The van der Waals surface area contributed by atoms with E-state index in [2.05, 4.69) is 12.2 Å². The molecule has 0 fully saturated rings. The molecule has 0 amide bonds. The average Bonchev–Trinajstić information content (AvgIpc) is 2.31. The van der Waals surface area contributed by atoms with Crippen LogP contribution in [0.2, 0.25) is 0 Å². The van der Waals surface area contributed by atoms with Crippen molar-refractivity contribution in [1.82, 2.24) is 4.57 Å². The van der Waals surface area contributed by atoms with Crippen molar-refractivity contribution >= 4 is 28.5 Å². The Bertz CT molecular complexity index is 302. The monoisotopic (exact) mass is 188 g/mol. The fourth-order valence-electron chi connectivity index (χ4n) is 0.687. The largest absolute Gasteiger partial charge is 0.393 e. The highest BCUT2D eigenvalue weighted by Gasteiger charge is 1.95. The van der Waals surface area contributed by atoms with Gasteiger partial charge in [0.05, 0.1) is 4.99 Å². The lowest BCUT2D eigenvalue weighted by atomic mass is 10.4. The van der Waals surface area contributed by atoms with Gasteiger partial charge in [0.1, 0.15) is 0 Å². The zero-order valence-electron chi connectivity index (χ0n) is 5.82. The fourth-order valence-corrected chi connectivity index (χ4v) is 1.39. The Labute approximate surface area is 73.5 Å². The Morgan fingerprint density at radius 1 is 1.82 bits per heavy atom. The summed E-state index contributed by atoms with van der Waals surface area (Å²) in [6, 6.07) is 0. The predicted molar refractivity (Wildman–Crippen MR) is 50.0 cm³/mol. The molecule has 0 aliphatic rings. The van der Waals surface area contributed by atoms with Crippen LogP contribution in [0.15, 0.2) is 16.4 Å². The van der Waals surface area contributed by atoms with Gasteiger partial charge < -0.3 is 10.3 Å². The third kappa shape index (κ3) is 2.44. The lowest BCUT2D eigenvalue weighted by Crippen LogP contribution is -2.17. The molecule has 2 N–H and O–H groups in total. The van der Waals surface area contributed by atoms with E-state index < -0.39 is 0 Å². The number of hydrogen-bond donors (Lipinski definition) is 1. The molecule has 1 aromatic heterocycles. The first-order valence-corrected chi connectivity index (χ1v) is 4.41. The molecular formula is C6H8N2OS2. The van der Waals surface area contributed by atoms with E-state index in [4.69, 9.17) is 5.73 Å². The molecule has 0 radical (unpaired) electrons. The first kappa shape index (κ1) is 8.42. The second kappa shape index (κ2) is 3.64. The van der Waals surface area contributed by atoms with Crippen LogP contribution in [-0.2, 0) is 6.54 Å². The van der Waals surface area contributed by atoms with E-state index in [0.717, 1.165) is 0 Å². The number of nitrogens with two attached hydrogens (primary N) is 1. The molecule has 1 heterocycles. The van der Waals surface area contributed by atoms with Crippen molar-refractivity contribution in [3.63, 3.8) is 0 Å². The van der Waals surface area contributed by atoms with E-state index >= 15 is 0 Å². The van der Waals surface area contributed by atoms with Crippen molar-refractivity contribution in [3.05, 3.63) is 21.2 Å². The number of thiazole rings is 1. The van der Waals surface area contributed by atoms with Crippen molar-refractivity contribution in [2.24, 2.45) is 5.73 Å². The highest BCUT2D eigenvalue weighted by atomic mass is 32.1. The molecule has 11 heavy (non-hydrogen) atoms. The minimum absolute atomic E-state index is 0.0428. The van der Waals surface area contributed by atoms with Crippen molar-refractivity contribution in [1.29, 1.82) is 0 Å². The number of aryl methyl sites for hydroxylation is 1. The van der Waals surface area contributed by atoms with Crippen LogP contribution in [0.3, 0.4) is 0 Å². The van der Waals surface area contributed by atoms with Gasteiger partial charge in [0.2, 0.25) is 0 Å². The molecule has 1 rings (SSSR count). The minimum Gasteiger partial charge on any atom is -0.393 e. The molecule has 0 saturated heterocycles. The van der Waals surface area contributed by atoms with Crippen LogP contribution in [0, 0.1) is 0 Å². The third-order valence-electron chi connectivity index (χ3n) is 1.24. The zero-order valence-corrected chi connectivity index (χ0v) is 7.45. The normalized spacial score (nSPS) is 9.82. The molecule has 60 valence electrons. The molecule has 3 nitrogen and oxygen atoms in total. The topological polar surface area (TPSA) is 48.0 Å². The van der Waals surface area contributed by atoms with Gasteiger partial charge >= 0.3 is 4.87 Å². The van der Waals surface area contributed by atoms with E-state index in [0.29, 0.717) is 18.0 Å². The number of aromatic nitrogens is 1. The van der Waals surface area contributed by atoms with Crippen LogP contribution in [0.1, 0.15) is 6.42 Å². The molecule has 1 aromatic rings. The summed E-state index contributed by atoms with van der Waals surface area (Å²) in [6.07, 6.45) is 2.33. The smallest absolute Gasteiger partial charge is 0.307 e. The van der Waals surface area contributed by atoms with Gasteiger partial charge in [-0.2, -0.15) is 0 Å². The van der Waals surface area contributed by atoms with Crippen molar-refractivity contribution < 1.29 is 0 Å². The van der Waals surface area contributed by atoms with Crippen LogP contribution in [-0.4, -0.2) is 9.56 Å². The zero-order chi connectivity index (χ0) is 8.27. The summed E-state index contributed by atoms with van der Waals surface area (Å²) in [4.78, 5) is 11.4. The van der Waals surface area contributed by atoms with E-state index in [1.54, 1.807) is 16.1 Å². The highest BCUT2D eigenvalue weighted by Crippen LogP contribution is 1.91. The van der Waals surface area contributed by atoms with Gasteiger partial charge in [-0.1, -0.05) is 23.6 Å². The van der Waals surface area contributed by atoms with Gasteiger partial charge in [0.25, 0.3) is 0 Å². The average molecular weight is 188 g/mol. The van der Waals surface area contributed by atoms with E-state index in [1.807, 2.05) is 0 Å². The van der Waals surface area contributed by atoms with Crippen molar-refractivity contribution in [3.8, 4) is 0 Å². The van der Waals surface area contributed by atoms with Gasteiger partial charge in [-0.25, -0.2) is 0 Å². The molecular weight excluding hydrogens is 180 g/mol. The van der Waals surface area contributed by atoms with Gasteiger partial charge in [-0.15, -0.1) is 0 Å². The fraction of sp³-hybridized carbons (Fsp3) is 0.333. The molecule has 0 aliphatic carbocycles. The number of nitrogens with zero attached hydrogens (tertiary/aromatic N) is 1. The number of thiocarbonyl (C=S) groups is 1. The third-order valence-corrected chi connectivity index (χ3v) is 2.14. The Hall–Kier alpha value is -0.680.